The number of non-ortho nitro benzene ring substituents is 1. The van der Waals surface area contributed by atoms with Crippen LogP contribution in [0.2, 0.25) is 0 Å². The summed E-state index contributed by atoms with van der Waals surface area (Å²) in [6.45, 7) is 0.903. The molecular weight excluding hydrogens is 506 g/mol. The SMILES string of the molecule is COc1cccc(N2CC(C(=O)NCCn3ncc4c(=O)n(Cc5cccc([N+](=O)[O-])c5)cnc43)CC2=O)c1. The number of rotatable bonds is 9. The van der Waals surface area contributed by atoms with Crippen molar-refractivity contribution < 1.29 is 19.2 Å². The van der Waals surface area contributed by atoms with E-state index in [0.717, 1.165) is 0 Å². The topological polar surface area (TPSA) is 154 Å². The molecule has 1 N–H and O–H groups in total. The molecule has 13 nitrogen and oxygen atoms in total. The number of amides is 2. The van der Waals surface area contributed by atoms with Crippen LogP contribution < -0.4 is 20.5 Å². The predicted molar refractivity (Wildman–Crippen MR) is 140 cm³/mol. The number of methoxy groups -OCH3 is 1. The maximum atomic E-state index is 13.0. The van der Waals surface area contributed by atoms with E-state index in [1.54, 1.807) is 48.4 Å². The van der Waals surface area contributed by atoms with Gasteiger partial charge in [0.15, 0.2) is 5.65 Å². The van der Waals surface area contributed by atoms with Crippen molar-refractivity contribution in [2.45, 2.75) is 19.5 Å². The molecule has 3 heterocycles. The van der Waals surface area contributed by atoms with Gasteiger partial charge in [0.2, 0.25) is 11.8 Å². The molecule has 1 atom stereocenters. The minimum absolute atomic E-state index is 0.0561. The molecule has 1 fully saturated rings. The molecule has 39 heavy (non-hydrogen) atoms. The van der Waals surface area contributed by atoms with Crippen molar-refractivity contribution >= 4 is 34.2 Å². The third kappa shape index (κ3) is 5.32. The zero-order valence-corrected chi connectivity index (χ0v) is 21.0. The maximum absolute atomic E-state index is 13.0. The molecule has 2 aromatic heterocycles. The average molecular weight is 532 g/mol. The van der Waals surface area contributed by atoms with E-state index in [9.17, 15) is 24.5 Å². The summed E-state index contributed by atoms with van der Waals surface area (Å²) >= 11 is 0. The summed E-state index contributed by atoms with van der Waals surface area (Å²) in [6, 6.07) is 13.2. The molecule has 13 heteroatoms. The van der Waals surface area contributed by atoms with E-state index in [2.05, 4.69) is 15.4 Å². The van der Waals surface area contributed by atoms with Gasteiger partial charge in [-0.25, -0.2) is 9.67 Å². The highest BCUT2D eigenvalue weighted by molar-refractivity contribution is 6.00. The van der Waals surface area contributed by atoms with Gasteiger partial charge in [-0.15, -0.1) is 0 Å². The molecule has 1 aliphatic rings. The molecule has 0 bridgehead atoms. The van der Waals surface area contributed by atoms with Gasteiger partial charge in [0, 0.05) is 43.4 Å². The van der Waals surface area contributed by atoms with Gasteiger partial charge in [-0.3, -0.25) is 29.1 Å². The number of ether oxygens (including phenoxy) is 1. The molecule has 1 aliphatic heterocycles. The lowest BCUT2D eigenvalue weighted by molar-refractivity contribution is -0.384. The van der Waals surface area contributed by atoms with Crippen LogP contribution in [0.25, 0.3) is 11.0 Å². The molecule has 5 rings (SSSR count). The Morgan fingerprint density at radius 1 is 1.21 bits per heavy atom. The number of carbonyl (C=O) groups excluding carboxylic acids is 2. The number of nitrogens with zero attached hydrogens (tertiary/aromatic N) is 6. The van der Waals surface area contributed by atoms with Crippen molar-refractivity contribution in [1.29, 1.82) is 0 Å². The van der Waals surface area contributed by atoms with Gasteiger partial charge in [-0.1, -0.05) is 18.2 Å². The van der Waals surface area contributed by atoms with E-state index in [4.69, 9.17) is 4.74 Å². The first-order valence-electron chi connectivity index (χ1n) is 12.2. The summed E-state index contributed by atoms with van der Waals surface area (Å²) in [5.74, 6) is -0.231. The number of nitrogens with one attached hydrogen (secondary N) is 1. The Hall–Kier alpha value is -5.07. The van der Waals surface area contributed by atoms with E-state index < -0.39 is 10.8 Å². The fourth-order valence-corrected chi connectivity index (χ4v) is 4.58. The maximum Gasteiger partial charge on any atom is 0.269 e. The standard InChI is InChI=1S/C26H25N7O6/c1-39-21-7-3-5-19(12-21)31-15-18(11-23(31)34)25(35)27-8-9-32-24-22(13-29-32)26(36)30(16-28-24)14-17-4-2-6-20(10-17)33(37)38/h2-7,10,12-13,16,18H,8-9,11,14-15H2,1H3,(H,27,35). The van der Waals surface area contributed by atoms with Gasteiger partial charge in [-0.2, -0.15) is 5.10 Å². The van der Waals surface area contributed by atoms with Crippen LogP contribution in [0.1, 0.15) is 12.0 Å². The molecule has 0 aliphatic carbocycles. The van der Waals surface area contributed by atoms with Crippen LogP contribution >= 0.6 is 0 Å². The minimum atomic E-state index is -0.489. The Balaban J connectivity index is 1.20. The number of anilines is 1. The van der Waals surface area contributed by atoms with E-state index in [1.807, 2.05) is 0 Å². The third-order valence-electron chi connectivity index (χ3n) is 6.58. The smallest absolute Gasteiger partial charge is 0.269 e. The molecule has 0 radical (unpaired) electrons. The number of carbonyl (C=O) groups is 2. The Morgan fingerprint density at radius 3 is 2.82 bits per heavy atom. The van der Waals surface area contributed by atoms with Crippen molar-refractivity contribution in [3.63, 3.8) is 0 Å². The Labute approximate surface area is 221 Å². The second kappa shape index (κ2) is 10.7. The largest absolute Gasteiger partial charge is 0.497 e. The molecule has 4 aromatic rings. The highest BCUT2D eigenvalue weighted by Crippen LogP contribution is 2.28. The summed E-state index contributed by atoms with van der Waals surface area (Å²) in [4.78, 5) is 54.7. The Bertz CT molecular complexity index is 1630. The lowest BCUT2D eigenvalue weighted by Crippen LogP contribution is -2.35. The number of aromatic nitrogens is 4. The van der Waals surface area contributed by atoms with Crippen molar-refractivity contribution in [3.05, 3.63) is 87.1 Å². The van der Waals surface area contributed by atoms with Crippen molar-refractivity contribution in [2.75, 3.05) is 25.1 Å². The van der Waals surface area contributed by atoms with Crippen LogP contribution in [0.4, 0.5) is 11.4 Å². The number of nitro groups is 1. The number of nitro benzene ring substituents is 1. The summed E-state index contributed by atoms with van der Waals surface area (Å²) in [5, 5.41) is 18.4. The number of hydrogen-bond donors (Lipinski definition) is 1. The first-order chi connectivity index (χ1) is 18.8. The van der Waals surface area contributed by atoms with Crippen LogP contribution in [0.3, 0.4) is 0 Å². The number of fused-ring (bicyclic) bond motifs is 1. The second-order valence-corrected chi connectivity index (χ2v) is 9.11. The van der Waals surface area contributed by atoms with Gasteiger partial charge in [-0.05, 0) is 17.7 Å². The van der Waals surface area contributed by atoms with Crippen LogP contribution in [0, 0.1) is 16.0 Å². The first-order valence-corrected chi connectivity index (χ1v) is 12.2. The highest BCUT2D eigenvalue weighted by atomic mass is 16.6. The van der Waals surface area contributed by atoms with Crippen LogP contribution in [-0.4, -0.2) is 56.3 Å². The Kier molecular flexibility index (Phi) is 7.04. The minimum Gasteiger partial charge on any atom is -0.497 e. The molecule has 1 unspecified atom stereocenters. The summed E-state index contributed by atoms with van der Waals surface area (Å²) < 4.78 is 8.11. The zero-order chi connectivity index (χ0) is 27.5. The molecule has 0 spiro atoms. The van der Waals surface area contributed by atoms with Gasteiger partial charge in [0.05, 0.1) is 37.2 Å². The summed E-state index contributed by atoms with van der Waals surface area (Å²) in [6.07, 6.45) is 2.90. The van der Waals surface area contributed by atoms with Gasteiger partial charge in [0.1, 0.15) is 17.5 Å². The zero-order valence-electron chi connectivity index (χ0n) is 21.0. The van der Waals surface area contributed by atoms with Gasteiger partial charge >= 0.3 is 0 Å². The number of benzene rings is 2. The normalized spacial score (nSPS) is 15.1. The lowest BCUT2D eigenvalue weighted by atomic mass is 10.1. The van der Waals surface area contributed by atoms with Crippen molar-refractivity contribution in [3.8, 4) is 5.75 Å². The second-order valence-electron chi connectivity index (χ2n) is 9.11. The van der Waals surface area contributed by atoms with Crippen LogP contribution in [0.5, 0.6) is 5.75 Å². The van der Waals surface area contributed by atoms with Gasteiger partial charge < -0.3 is 15.0 Å². The van der Waals surface area contributed by atoms with E-state index in [1.165, 1.54) is 33.9 Å². The monoisotopic (exact) mass is 531 g/mol. The van der Waals surface area contributed by atoms with E-state index >= 15 is 0 Å². The predicted octanol–water partition coefficient (Wildman–Crippen LogP) is 1.73. The van der Waals surface area contributed by atoms with E-state index in [0.29, 0.717) is 28.0 Å². The first kappa shape index (κ1) is 25.6. The van der Waals surface area contributed by atoms with Crippen molar-refractivity contribution in [1.82, 2.24) is 24.6 Å². The fourth-order valence-electron chi connectivity index (χ4n) is 4.58. The lowest BCUT2D eigenvalue weighted by Gasteiger charge is -2.17. The Morgan fingerprint density at radius 2 is 2.03 bits per heavy atom. The van der Waals surface area contributed by atoms with Crippen LogP contribution in [-0.2, 0) is 22.7 Å². The average Bonchev–Trinajstić information content (AvgIpc) is 3.54. The summed E-state index contributed by atoms with van der Waals surface area (Å²) in [7, 11) is 1.55. The quantitative estimate of drug-likeness (QED) is 0.253. The number of hydrogen-bond acceptors (Lipinski definition) is 8. The molecule has 200 valence electrons. The van der Waals surface area contributed by atoms with E-state index in [-0.39, 0.29) is 55.7 Å². The summed E-state index contributed by atoms with van der Waals surface area (Å²) in [5.41, 5.74) is 1.26. The van der Waals surface area contributed by atoms with Crippen LogP contribution in [0.15, 0.2) is 65.8 Å². The molecule has 2 amide bonds. The van der Waals surface area contributed by atoms with Gasteiger partial charge in [0.25, 0.3) is 11.2 Å². The molecule has 1 saturated heterocycles. The molecule has 2 aromatic carbocycles. The molecule has 0 saturated carbocycles. The fraction of sp³-hybridized carbons (Fsp3) is 0.269. The highest BCUT2D eigenvalue weighted by Gasteiger charge is 2.35. The van der Waals surface area contributed by atoms with Crippen molar-refractivity contribution in [2.24, 2.45) is 5.92 Å². The third-order valence-corrected chi connectivity index (χ3v) is 6.58. The molecular formula is C26H25N7O6.